The average Bonchev–Trinajstić information content (AvgIpc) is 2.86. The smallest absolute Gasteiger partial charge is 0.225 e. The third-order valence-electron chi connectivity index (χ3n) is 4.03. The molecule has 0 saturated carbocycles. The lowest BCUT2D eigenvalue weighted by atomic mass is 9.95. The molecule has 0 radical (unpaired) electrons. The third kappa shape index (κ3) is 2.65. The molecular weight excluding hydrogens is 240 g/mol. The minimum Gasteiger partial charge on any atom is -0.373 e. The Hall–Kier alpha value is -1.39. The molecule has 0 aromatic heterocycles. The van der Waals surface area contributed by atoms with Crippen molar-refractivity contribution in [2.45, 2.75) is 31.4 Å². The van der Waals surface area contributed by atoms with Crippen molar-refractivity contribution in [2.24, 2.45) is 5.73 Å². The van der Waals surface area contributed by atoms with Gasteiger partial charge in [-0.1, -0.05) is 24.3 Å². The Labute approximate surface area is 113 Å². The van der Waals surface area contributed by atoms with Gasteiger partial charge in [-0.3, -0.25) is 4.79 Å². The quantitative estimate of drug-likeness (QED) is 0.870. The Morgan fingerprint density at radius 2 is 2.26 bits per heavy atom. The van der Waals surface area contributed by atoms with Crippen LogP contribution in [0.15, 0.2) is 24.3 Å². The zero-order chi connectivity index (χ0) is 13.2. The van der Waals surface area contributed by atoms with Crippen LogP contribution in [0.4, 0.5) is 0 Å². The summed E-state index contributed by atoms with van der Waals surface area (Å²) in [6, 6.07) is 8.39. The first-order valence-corrected chi connectivity index (χ1v) is 6.97. The van der Waals surface area contributed by atoms with Gasteiger partial charge in [0.1, 0.15) is 0 Å². The molecule has 2 aliphatic heterocycles. The van der Waals surface area contributed by atoms with Gasteiger partial charge in [0.2, 0.25) is 5.91 Å². The highest BCUT2D eigenvalue weighted by Crippen LogP contribution is 2.30. The van der Waals surface area contributed by atoms with Gasteiger partial charge in [0.25, 0.3) is 0 Å². The van der Waals surface area contributed by atoms with Gasteiger partial charge in [-0.25, -0.2) is 0 Å². The number of benzene rings is 1. The summed E-state index contributed by atoms with van der Waals surface area (Å²) in [6.07, 6.45) is 2.20. The zero-order valence-corrected chi connectivity index (χ0v) is 11.0. The van der Waals surface area contributed by atoms with Crippen molar-refractivity contribution in [2.75, 3.05) is 19.7 Å². The highest BCUT2D eigenvalue weighted by atomic mass is 16.5. The summed E-state index contributed by atoms with van der Waals surface area (Å²) in [5.41, 5.74) is 8.33. The first kappa shape index (κ1) is 12.6. The lowest BCUT2D eigenvalue weighted by Crippen LogP contribution is -2.33. The lowest BCUT2D eigenvalue weighted by molar-refractivity contribution is -0.133. The molecule has 102 valence electrons. The van der Waals surface area contributed by atoms with Crippen LogP contribution < -0.4 is 5.73 Å². The van der Waals surface area contributed by atoms with Crippen molar-refractivity contribution in [1.82, 2.24) is 4.90 Å². The molecule has 0 bridgehead atoms. The van der Waals surface area contributed by atoms with E-state index in [0.717, 1.165) is 19.4 Å². The number of amides is 1. The molecule has 1 aromatic rings. The first-order valence-electron chi connectivity index (χ1n) is 6.97. The van der Waals surface area contributed by atoms with Gasteiger partial charge in [0.05, 0.1) is 19.1 Å². The molecule has 3 rings (SSSR count). The number of carbonyl (C=O) groups excluding carboxylic acids is 1. The molecule has 1 aromatic carbocycles. The van der Waals surface area contributed by atoms with Crippen molar-refractivity contribution < 1.29 is 9.53 Å². The highest BCUT2D eigenvalue weighted by Gasteiger charge is 2.28. The fraction of sp³-hybridized carbons (Fsp3) is 0.533. The maximum Gasteiger partial charge on any atom is 0.225 e. The number of nitrogens with two attached hydrogens (primary N) is 1. The number of carbonyl (C=O) groups is 1. The maximum atomic E-state index is 12.3. The van der Waals surface area contributed by atoms with E-state index in [9.17, 15) is 4.79 Å². The van der Waals surface area contributed by atoms with E-state index in [0.29, 0.717) is 19.6 Å². The molecule has 19 heavy (non-hydrogen) atoms. The summed E-state index contributed by atoms with van der Waals surface area (Å²) in [7, 11) is 0. The molecule has 0 spiro atoms. The molecule has 1 fully saturated rings. The molecule has 4 heteroatoms. The summed E-state index contributed by atoms with van der Waals surface area (Å²) in [5.74, 6) is 0.162. The van der Waals surface area contributed by atoms with Crippen LogP contribution in [0.2, 0.25) is 0 Å². The molecule has 1 saturated heterocycles. The minimum absolute atomic E-state index is 0.0886. The van der Waals surface area contributed by atoms with Crippen LogP contribution in [0, 0.1) is 0 Å². The van der Waals surface area contributed by atoms with Crippen LogP contribution in [0.5, 0.6) is 0 Å². The summed E-state index contributed by atoms with van der Waals surface area (Å²) < 4.78 is 5.78. The van der Waals surface area contributed by atoms with Crippen LogP contribution in [0.25, 0.3) is 0 Å². The van der Waals surface area contributed by atoms with Gasteiger partial charge in [-0.15, -0.1) is 0 Å². The summed E-state index contributed by atoms with van der Waals surface area (Å²) in [5, 5.41) is 0. The molecule has 2 heterocycles. The maximum absolute atomic E-state index is 12.3. The van der Waals surface area contributed by atoms with E-state index in [-0.39, 0.29) is 18.1 Å². The van der Waals surface area contributed by atoms with Crippen molar-refractivity contribution in [3.8, 4) is 0 Å². The van der Waals surface area contributed by atoms with Gasteiger partial charge < -0.3 is 15.4 Å². The number of fused-ring (bicyclic) bond motifs is 1. The van der Waals surface area contributed by atoms with Gasteiger partial charge in [0.15, 0.2) is 0 Å². The molecule has 4 nitrogen and oxygen atoms in total. The van der Waals surface area contributed by atoms with Crippen molar-refractivity contribution in [3.63, 3.8) is 0 Å². The monoisotopic (exact) mass is 260 g/mol. The Kier molecular flexibility index (Phi) is 3.53. The Morgan fingerprint density at radius 1 is 1.42 bits per heavy atom. The van der Waals surface area contributed by atoms with Crippen LogP contribution in [-0.2, 0) is 16.0 Å². The molecule has 2 N–H and O–H groups in total. The van der Waals surface area contributed by atoms with Gasteiger partial charge >= 0.3 is 0 Å². The van der Waals surface area contributed by atoms with Crippen molar-refractivity contribution >= 4 is 5.91 Å². The van der Waals surface area contributed by atoms with Crippen molar-refractivity contribution in [1.29, 1.82) is 0 Å². The second-order valence-corrected chi connectivity index (χ2v) is 5.40. The van der Waals surface area contributed by atoms with E-state index in [4.69, 9.17) is 10.5 Å². The number of nitrogens with zero attached hydrogens (tertiary/aromatic N) is 1. The molecule has 0 aliphatic carbocycles. The van der Waals surface area contributed by atoms with Crippen molar-refractivity contribution in [3.05, 3.63) is 35.4 Å². The van der Waals surface area contributed by atoms with Gasteiger partial charge in [-0.05, 0) is 24.0 Å². The van der Waals surface area contributed by atoms with E-state index >= 15 is 0 Å². The highest BCUT2D eigenvalue weighted by molar-refractivity contribution is 5.77. The first-order chi connectivity index (χ1) is 9.24. The predicted octanol–water partition coefficient (Wildman–Crippen LogP) is 1.25. The number of rotatable bonds is 2. The van der Waals surface area contributed by atoms with Crippen LogP contribution in [-0.4, -0.2) is 36.5 Å². The summed E-state index contributed by atoms with van der Waals surface area (Å²) in [4.78, 5) is 14.1. The third-order valence-corrected chi connectivity index (χ3v) is 4.03. The molecule has 0 unspecified atom stereocenters. The fourth-order valence-electron chi connectivity index (χ4n) is 2.95. The van der Waals surface area contributed by atoms with Crippen LogP contribution >= 0.6 is 0 Å². The van der Waals surface area contributed by atoms with Crippen LogP contribution in [0.1, 0.15) is 30.1 Å². The Morgan fingerprint density at radius 3 is 3.05 bits per heavy atom. The SMILES string of the molecule is N[C@H]1CCN(C(=O)C[C@H]2OCCc3ccccc32)C1. The number of hydrogen-bond acceptors (Lipinski definition) is 3. The number of likely N-dealkylation sites (tertiary alicyclic amines) is 1. The topological polar surface area (TPSA) is 55.6 Å². The van der Waals surface area contributed by atoms with E-state index in [2.05, 4.69) is 12.1 Å². The fourth-order valence-corrected chi connectivity index (χ4v) is 2.95. The zero-order valence-electron chi connectivity index (χ0n) is 11.0. The summed E-state index contributed by atoms with van der Waals surface area (Å²) in [6.45, 7) is 2.18. The molecular formula is C15H20N2O2. The van der Waals surface area contributed by atoms with E-state index in [1.165, 1.54) is 11.1 Å². The lowest BCUT2D eigenvalue weighted by Gasteiger charge is -2.27. The average molecular weight is 260 g/mol. The standard InChI is InChI=1S/C15H20N2O2/c16-12-5-7-17(10-12)15(18)9-14-13-4-2-1-3-11(13)6-8-19-14/h1-4,12,14H,5-10,16H2/t12-,14+/m0/s1. The molecule has 1 amide bonds. The summed E-state index contributed by atoms with van der Waals surface area (Å²) >= 11 is 0. The minimum atomic E-state index is -0.0886. The molecule has 2 aliphatic rings. The van der Waals surface area contributed by atoms with Gasteiger partial charge in [-0.2, -0.15) is 0 Å². The van der Waals surface area contributed by atoms with E-state index in [1.807, 2.05) is 17.0 Å². The number of hydrogen-bond donors (Lipinski definition) is 1. The predicted molar refractivity (Wildman–Crippen MR) is 72.6 cm³/mol. The largest absolute Gasteiger partial charge is 0.373 e. The van der Waals surface area contributed by atoms with Crippen LogP contribution in [0.3, 0.4) is 0 Å². The molecule has 2 atom stereocenters. The Balaban J connectivity index is 1.69. The second kappa shape index (κ2) is 5.31. The van der Waals surface area contributed by atoms with E-state index < -0.39 is 0 Å². The second-order valence-electron chi connectivity index (χ2n) is 5.40. The number of ether oxygens (including phenoxy) is 1. The van der Waals surface area contributed by atoms with E-state index in [1.54, 1.807) is 0 Å². The normalized spacial score (nSPS) is 26.3. The Bertz CT molecular complexity index is 475. The van der Waals surface area contributed by atoms with Gasteiger partial charge in [0, 0.05) is 19.1 Å².